The van der Waals surface area contributed by atoms with Crippen molar-refractivity contribution >= 4 is 5.91 Å². The van der Waals surface area contributed by atoms with Gasteiger partial charge in [0, 0.05) is 31.5 Å². The number of hydrogen-bond donors (Lipinski definition) is 1. The number of ether oxygens (including phenoxy) is 2. The van der Waals surface area contributed by atoms with E-state index in [1.807, 2.05) is 48.8 Å². The fraction of sp³-hybridized carbons (Fsp3) is 0.400. The number of amides is 1. The molecule has 0 saturated heterocycles. The maximum Gasteiger partial charge on any atom is 0.220 e. The number of methoxy groups -OCH3 is 2. The summed E-state index contributed by atoms with van der Waals surface area (Å²) in [5, 5.41) is 2.98. The predicted molar refractivity (Wildman–Crippen MR) is 96.7 cm³/mol. The average molecular weight is 343 g/mol. The zero-order chi connectivity index (χ0) is 17.9. The van der Waals surface area contributed by atoms with E-state index in [0.29, 0.717) is 24.5 Å². The smallest absolute Gasteiger partial charge is 0.220 e. The van der Waals surface area contributed by atoms with Crippen molar-refractivity contribution in [2.24, 2.45) is 0 Å². The zero-order valence-electron chi connectivity index (χ0n) is 15.0. The minimum absolute atomic E-state index is 0.110. The van der Waals surface area contributed by atoms with Crippen molar-refractivity contribution in [3.8, 4) is 11.5 Å². The molecular weight excluding hydrogens is 316 g/mol. The molecule has 0 aliphatic rings. The molecule has 1 amide bonds. The van der Waals surface area contributed by atoms with E-state index >= 15 is 0 Å². The Balaban J connectivity index is 1.63. The number of nitrogens with one attached hydrogen (secondary N) is 1. The molecule has 5 heteroatoms. The first-order valence-electron chi connectivity index (χ1n) is 8.64. The van der Waals surface area contributed by atoms with E-state index in [-0.39, 0.29) is 5.91 Å². The molecule has 2 rings (SSSR count). The predicted octanol–water partition coefficient (Wildman–Crippen LogP) is 2.52. The first-order valence-corrected chi connectivity index (χ1v) is 8.64. The van der Waals surface area contributed by atoms with Crippen LogP contribution in [0.4, 0.5) is 0 Å². The van der Waals surface area contributed by atoms with Crippen LogP contribution >= 0.6 is 0 Å². The van der Waals surface area contributed by atoms with Crippen LogP contribution in [0.15, 0.2) is 48.8 Å². The van der Waals surface area contributed by atoms with Crippen molar-refractivity contribution in [1.82, 2.24) is 5.32 Å². The molecule has 0 radical (unpaired) electrons. The second-order valence-corrected chi connectivity index (χ2v) is 5.86. The van der Waals surface area contributed by atoms with Crippen LogP contribution in [0.1, 0.15) is 24.8 Å². The first kappa shape index (κ1) is 18.8. The number of aromatic nitrogens is 1. The lowest BCUT2D eigenvalue weighted by Crippen LogP contribution is -2.32. The van der Waals surface area contributed by atoms with Gasteiger partial charge in [-0.3, -0.25) is 4.79 Å². The van der Waals surface area contributed by atoms with Crippen molar-refractivity contribution in [3.05, 3.63) is 54.4 Å². The second-order valence-electron chi connectivity index (χ2n) is 5.86. The molecule has 0 atom stereocenters. The normalized spacial score (nSPS) is 10.3. The lowest BCUT2D eigenvalue weighted by atomic mass is 10.1. The minimum atomic E-state index is 0.110. The Morgan fingerprint density at radius 2 is 1.80 bits per heavy atom. The lowest BCUT2D eigenvalue weighted by Gasteiger charge is -2.10. The highest BCUT2D eigenvalue weighted by Gasteiger charge is 2.06. The first-order chi connectivity index (χ1) is 12.2. The van der Waals surface area contributed by atoms with Crippen molar-refractivity contribution in [1.29, 1.82) is 0 Å². The summed E-state index contributed by atoms with van der Waals surface area (Å²) in [4.78, 5) is 11.9. The summed E-state index contributed by atoms with van der Waals surface area (Å²) in [7, 11) is 3.24. The van der Waals surface area contributed by atoms with Crippen LogP contribution in [0.2, 0.25) is 0 Å². The molecule has 134 valence electrons. The molecule has 2 aromatic rings. The molecular formula is C20H27N2O3+. The summed E-state index contributed by atoms with van der Waals surface area (Å²) in [5.41, 5.74) is 1.11. The maximum atomic E-state index is 11.9. The van der Waals surface area contributed by atoms with Crippen LogP contribution in [-0.2, 0) is 17.8 Å². The summed E-state index contributed by atoms with van der Waals surface area (Å²) < 4.78 is 12.7. The Hall–Kier alpha value is -2.56. The molecule has 1 N–H and O–H groups in total. The standard InChI is InChI=1S/C20H26N2O3/c1-24-18-10-9-17(16-19(18)25-2)11-12-21-20(23)8-4-7-15-22-13-5-3-6-14-22/h3,5-6,9-10,13-14,16H,4,7-8,11-12,15H2,1-2H3/p+1. The quantitative estimate of drug-likeness (QED) is 0.533. The Labute approximate surface area is 149 Å². The molecule has 0 spiro atoms. The van der Waals surface area contributed by atoms with Crippen LogP contribution in [0.25, 0.3) is 0 Å². The van der Waals surface area contributed by atoms with Crippen LogP contribution in [-0.4, -0.2) is 26.7 Å². The Bertz CT molecular complexity index is 659. The van der Waals surface area contributed by atoms with Gasteiger partial charge in [0.2, 0.25) is 5.91 Å². The molecule has 0 aliphatic carbocycles. The summed E-state index contributed by atoms with van der Waals surface area (Å²) in [5.74, 6) is 1.54. The average Bonchev–Trinajstić information content (AvgIpc) is 2.66. The van der Waals surface area contributed by atoms with Gasteiger partial charge >= 0.3 is 0 Å². The van der Waals surface area contributed by atoms with Gasteiger partial charge in [-0.05, 0) is 30.5 Å². The molecule has 1 aromatic carbocycles. The zero-order valence-corrected chi connectivity index (χ0v) is 15.0. The van der Waals surface area contributed by atoms with Gasteiger partial charge in [-0.1, -0.05) is 12.1 Å². The van der Waals surface area contributed by atoms with E-state index in [0.717, 1.165) is 31.4 Å². The van der Waals surface area contributed by atoms with E-state index in [1.165, 1.54) is 0 Å². The largest absolute Gasteiger partial charge is 0.493 e. The van der Waals surface area contributed by atoms with E-state index in [9.17, 15) is 4.79 Å². The number of carbonyl (C=O) groups excluding carboxylic acids is 1. The van der Waals surface area contributed by atoms with Gasteiger partial charge in [-0.2, -0.15) is 0 Å². The van der Waals surface area contributed by atoms with E-state index in [4.69, 9.17) is 9.47 Å². The Morgan fingerprint density at radius 3 is 2.52 bits per heavy atom. The lowest BCUT2D eigenvalue weighted by molar-refractivity contribution is -0.697. The molecule has 0 saturated carbocycles. The van der Waals surface area contributed by atoms with Gasteiger partial charge in [0.05, 0.1) is 14.2 Å². The van der Waals surface area contributed by atoms with Crippen molar-refractivity contribution in [3.63, 3.8) is 0 Å². The van der Waals surface area contributed by atoms with Crippen LogP contribution in [0, 0.1) is 0 Å². The number of pyridine rings is 1. The Morgan fingerprint density at radius 1 is 1.04 bits per heavy atom. The van der Waals surface area contributed by atoms with E-state index in [2.05, 4.69) is 9.88 Å². The number of unbranched alkanes of at least 4 members (excludes halogenated alkanes) is 1. The number of carbonyl (C=O) groups is 1. The van der Waals surface area contributed by atoms with Crippen LogP contribution in [0.3, 0.4) is 0 Å². The van der Waals surface area contributed by atoms with Gasteiger partial charge in [-0.25, -0.2) is 4.57 Å². The molecule has 0 aliphatic heterocycles. The van der Waals surface area contributed by atoms with Crippen LogP contribution < -0.4 is 19.4 Å². The number of hydrogen-bond acceptors (Lipinski definition) is 3. The van der Waals surface area contributed by atoms with Gasteiger partial charge < -0.3 is 14.8 Å². The fourth-order valence-corrected chi connectivity index (χ4v) is 2.63. The van der Waals surface area contributed by atoms with Crippen LogP contribution in [0.5, 0.6) is 11.5 Å². The SMILES string of the molecule is COc1ccc(CCNC(=O)CCCC[n+]2ccccc2)cc1OC. The van der Waals surface area contributed by atoms with E-state index in [1.54, 1.807) is 14.2 Å². The third kappa shape index (κ3) is 6.45. The summed E-state index contributed by atoms with van der Waals surface area (Å²) in [6.45, 7) is 1.57. The maximum absolute atomic E-state index is 11.9. The number of aryl methyl sites for hydroxylation is 1. The summed E-state index contributed by atoms with van der Waals surface area (Å²) >= 11 is 0. The third-order valence-electron chi connectivity index (χ3n) is 4.03. The van der Waals surface area contributed by atoms with Crippen molar-refractivity contribution in [2.45, 2.75) is 32.2 Å². The summed E-state index contributed by atoms with van der Waals surface area (Å²) in [6.07, 6.45) is 7.32. The van der Waals surface area contributed by atoms with Crippen molar-refractivity contribution in [2.75, 3.05) is 20.8 Å². The topological polar surface area (TPSA) is 51.4 Å². The van der Waals surface area contributed by atoms with Gasteiger partial charge in [-0.15, -0.1) is 0 Å². The number of benzene rings is 1. The summed E-state index contributed by atoms with van der Waals surface area (Å²) in [6, 6.07) is 11.9. The second kappa shape index (κ2) is 10.3. The molecule has 0 fully saturated rings. The molecule has 0 bridgehead atoms. The highest BCUT2D eigenvalue weighted by molar-refractivity contribution is 5.75. The molecule has 5 nitrogen and oxygen atoms in total. The molecule has 1 aromatic heterocycles. The Kier molecular flexibility index (Phi) is 7.76. The van der Waals surface area contributed by atoms with Gasteiger partial charge in [0.25, 0.3) is 0 Å². The molecule has 25 heavy (non-hydrogen) atoms. The molecule has 1 heterocycles. The minimum Gasteiger partial charge on any atom is -0.493 e. The van der Waals surface area contributed by atoms with E-state index < -0.39 is 0 Å². The number of rotatable bonds is 10. The van der Waals surface area contributed by atoms with Gasteiger partial charge in [0.15, 0.2) is 23.9 Å². The third-order valence-corrected chi connectivity index (χ3v) is 4.03. The van der Waals surface area contributed by atoms with Crippen molar-refractivity contribution < 1.29 is 18.8 Å². The number of nitrogens with zero attached hydrogens (tertiary/aromatic N) is 1. The fourth-order valence-electron chi connectivity index (χ4n) is 2.63. The molecule has 0 unspecified atom stereocenters. The highest BCUT2D eigenvalue weighted by atomic mass is 16.5. The highest BCUT2D eigenvalue weighted by Crippen LogP contribution is 2.27. The monoisotopic (exact) mass is 343 g/mol. The van der Waals surface area contributed by atoms with Gasteiger partial charge in [0.1, 0.15) is 6.54 Å².